The first-order valence-corrected chi connectivity index (χ1v) is 11.7. The van der Waals surface area contributed by atoms with E-state index >= 15 is 0 Å². The third-order valence-electron chi connectivity index (χ3n) is 5.72. The van der Waals surface area contributed by atoms with E-state index < -0.39 is 0 Å². The molecule has 3 aromatic carbocycles. The number of aryl methyl sites for hydroxylation is 2. The molecule has 0 aliphatic carbocycles. The smallest absolute Gasteiger partial charge is 0.0716 e. The Morgan fingerprint density at radius 2 is 1.16 bits per heavy atom. The lowest BCUT2D eigenvalue weighted by Gasteiger charge is -2.08. The van der Waals surface area contributed by atoms with Crippen LogP contribution in [0.1, 0.15) is 55.4 Å². The first kappa shape index (κ1) is 23.0. The van der Waals surface area contributed by atoms with Crippen LogP contribution >= 0.6 is 0 Å². The molecule has 0 unspecified atom stereocenters. The number of hydrogen-bond donors (Lipinski definition) is 0. The predicted octanol–water partition coefficient (Wildman–Crippen LogP) is 7.96. The maximum atomic E-state index is 5.77. The summed E-state index contributed by atoms with van der Waals surface area (Å²) >= 11 is 0. The average molecular weight is 413 g/mol. The lowest BCUT2D eigenvalue weighted by atomic mass is 9.99. The minimum absolute atomic E-state index is 0.708. The fourth-order valence-electron chi connectivity index (χ4n) is 3.69. The molecule has 1 nitrogen and oxygen atoms in total. The van der Waals surface area contributed by atoms with Gasteiger partial charge in [-0.1, -0.05) is 105 Å². The largest absolute Gasteiger partial charge is 0.377 e. The van der Waals surface area contributed by atoms with E-state index in [4.69, 9.17) is 4.74 Å². The first-order chi connectivity index (χ1) is 15.3. The predicted molar refractivity (Wildman–Crippen MR) is 133 cm³/mol. The van der Waals surface area contributed by atoms with Gasteiger partial charge in [0.15, 0.2) is 0 Å². The van der Waals surface area contributed by atoms with Gasteiger partial charge >= 0.3 is 0 Å². The Bertz CT molecular complexity index is 902. The number of allylic oxidation sites excluding steroid dienone is 2. The average Bonchev–Trinajstić information content (AvgIpc) is 2.83. The molecule has 0 fully saturated rings. The lowest BCUT2D eigenvalue weighted by Crippen LogP contribution is -1.95. The highest BCUT2D eigenvalue weighted by atomic mass is 16.5. The zero-order valence-corrected chi connectivity index (χ0v) is 19.1. The van der Waals surface area contributed by atoms with Gasteiger partial charge in [0.1, 0.15) is 0 Å². The monoisotopic (exact) mass is 412 g/mol. The van der Waals surface area contributed by atoms with Gasteiger partial charge in [-0.05, 0) is 66.0 Å². The van der Waals surface area contributed by atoms with Crippen molar-refractivity contribution in [3.8, 4) is 11.1 Å². The van der Waals surface area contributed by atoms with Crippen LogP contribution in [0.15, 0.2) is 84.9 Å². The van der Waals surface area contributed by atoms with E-state index in [9.17, 15) is 0 Å². The second-order valence-corrected chi connectivity index (χ2v) is 8.24. The highest BCUT2D eigenvalue weighted by Gasteiger charge is 2.01. The SMILES string of the molecule is C/C=C/Cc1ccc(CCc2ccc(-c3ccc(COCCCCC)cc3)cc2)cc1. The van der Waals surface area contributed by atoms with Gasteiger partial charge in [-0.25, -0.2) is 0 Å². The molecule has 0 amide bonds. The quantitative estimate of drug-likeness (QED) is 0.216. The minimum atomic E-state index is 0.708. The molecule has 3 aromatic rings. The Morgan fingerprint density at radius 3 is 1.71 bits per heavy atom. The Labute approximate surface area is 188 Å². The van der Waals surface area contributed by atoms with Gasteiger partial charge in [-0.2, -0.15) is 0 Å². The zero-order valence-electron chi connectivity index (χ0n) is 19.1. The Hall–Kier alpha value is -2.64. The zero-order chi connectivity index (χ0) is 21.7. The summed E-state index contributed by atoms with van der Waals surface area (Å²) in [5, 5.41) is 0. The van der Waals surface area contributed by atoms with Crippen molar-refractivity contribution in [3.63, 3.8) is 0 Å². The summed E-state index contributed by atoms with van der Waals surface area (Å²) in [6, 6.07) is 26.8. The fourth-order valence-corrected chi connectivity index (χ4v) is 3.69. The van der Waals surface area contributed by atoms with Crippen molar-refractivity contribution in [2.45, 2.75) is 59.0 Å². The van der Waals surface area contributed by atoms with Crippen molar-refractivity contribution in [2.75, 3.05) is 6.61 Å². The normalized spacial score (nSPS) is 11.3. The van der Waals surface area contributed by atoms with Crippen molar-refractivity contribution < 1.29 is 4.74 Å². The molecular weight excluding hydrogens is 376 g/mol. The van der Waals surface area contributed by atoms with Crippen LogP contribution in [0.2, 0.25) is 0 Å². The standard InChI is InChI=1S/C30H36O/c1-3-5-7-23-31-24-28-17-21-30(22-18-28)29-19-15-27(16-20-29)14-13-26-11-9-25(10-12-26)8-6-4-2/h4,6,9-12,15-22H,3,5,7-8,13-14,23-24H2,1-2H3/b6-4+. The highest BCUT2D eigenvalue weighted by molar-refractivity contribution is 5.64. The molecule has 1 heteroatoms. The van der Waals surface area contributed by atoms with Crippen LogP contribution in [0.25, 0.3) is 11.1 Å². The summed E-state index contributed by atoms with van der Waals surface area (Å²) < 4.78 is 5.77. The molecule has 162 valence electrons. The van der Waals surface area contributed by atoms with Crippen molar-refractivity contribution in [3.05, 3.63) is 107 Å². The van der Waals surface area contributed by atoms with Crippen molar-refractivity contribution in [2.24, 2.45) is 0 Å². The molecule has 0 saturated heterocycles. The van der Waals surface area contributed by atoms with Crippen LogP contribution in [0.3, 0.4) is 0 Å². The number of hydrogen-bond acceptors (Lipinski definition) is 1. The van der Waals surface area contributed by atoms with Crippen molar-refractivity contribution in [1.29, 1.82) is 0 Å². The van der Waals surface area contributed by atoms with E-state index in [1.165, 1.54) is 46.2 Å². The lowest BCUT2D eigenvalue weighted by molar-refractivity contribution is 0.117. The molecule has 0 saturated carbocycles. The maximum absolute atomic E-state index is 5.77. The molecule has 0 aliphatic rings. The summed E-state index contributed by atoms with van der Waals surface area (Å²) in [7, 11) is 0. The summed E-state index contributed by atoms with van der Waals surface area (Å²) in [6.07, 6.45) is 11.1. The van der Waals surface area contributed by atoms with E-state index in [2.05, 4.69) is 98.8 Å². The Balaban J connectivity index is 1.48. The second-order valence-electron chi connectivity index (χ2n) is 8.24. The Kier molecular flexibility index (Phi) is 9.60. The number of ether oxygens (including phenoxy) is 1. The number of rotatable bonds is 12. The van der Waals surface area contributed by atoms with Gasteiger partial charge in [-0.15, -0.1) is 0 Å². The first-order valence-electron chi connectivity index (χ1n) is 11.7. The summed E-state index contributed by atoms with van der Waals surface area (Å²) in [5.41, 5.74) is 7.94. The third-order valence-corrected chi connectivity index (χ3v) is 5.72. The van der Waals surface area contributed by atoms with E-state index in [1.54, 1.807) is 0 Å². The van der Waals surface area contributed by atoms with Gasteiger partial charge in [0.05, 0.1) is 6.61 Å². The van der Waals surface area contributed by atoms with Crippen LogP contribution < -0.4 is 0 Å². The van der Waals surface area contributed by atoms with Gasteiger partial charge in [0, 0.05) is 6.61 Å². The molecule has 0 atom stereocenters. The molecule has 0 bridgehead atoms. The number of unbranched alkanes of at least 4 members (excludes halogenated alkanes) is 2. The maximum Gasteiger partial charge on any atom is 0.0716 e. The second kappa shape index (κ2) is 12.9. The molecule has 0 aliphatic heterocycles. The molecular formula is C30H36O. The van der Waals surface area contributed by atoms with Crippen molar-refractivity contribution >= 4 is 0 Å². The third kappa shape index (κ3) is 7.84. The van der Waals surface area contributed by atoms with E-state index in [-0.39, 0.29) is 0 Å². The van der Waals surface area contributed by atoms with Gasteiger partial charge in [0.25, 0.3) is 0 Å². The van der Waals surface area contributed by atoms with E-state index in [0.29, 0.717) is 6.61 Å². The van der Waals surface area contributed by atoms with E-state index in [0.717, 1.165) is 32.3 Å². The van der Waals surface area contributed by atoms with Crippen LogP contribution in [-0.4, -0.2) is 6.61 Å². The summed E-state index contributed by atoms with van der Waals surface area (Å²) in [4.78, 5) is 0. The van der Waals surface area contributed by atoms with Crippen LogP contribution in [0.5, 0.6) is 0 Å². The van der Waals surface area contributed by atoms with Crippen LogP contribution in [0, 0.1) is 0 Å². The molecule has 0 N–H and O–H groups in total. The molecule has 0 radical (unpaired) electrons. The van der Waals surface area contributed by atoms with Gasteiger partial charge in [0.2, 0.25) is 0 Å². The molecule has 31 heavy (non-hydrogen) atoms. The van der Waals surface area contributed by atoms with E-state index in [1.807, 2.05) is 0 Å². The highest BCUT2D eigenvalue weighted by Crippen LogP contribution is 2.21. The summed E-state index contributed by atoms with van der Waals surface area (Å²) in [5.74, 6) is 0. The van der Waals surface area contributed by atoms with Gasteiger partial charge < -0.3 is 4.74 Å². The fraction of sp³-hybridized carbons (Fsp3) is 0.333. The summed E-state index contributed by atoms with van der Waals surface area (Å²) in [6.45, 7) is 5.85. The van der Waals surface area contributed by atoms with Gasteiger partial charge in [-0.3, -0.25) is 0 Å². The molecule has 3 rings (SSSR count). The van der Waals surface area contributed by atoms with Crippen LogP contribution in [-0.2, 0) is 30.6 Å². The van der Waals surface area contributed by atoms with Crippen molar-refractivity contribution in [1.82, 2.24) is 0 Å². The topological polar surface area (TPSA) is 9.23 Å². The number of benzene rings is 3. The molecule has 0 spiro atoms. The minimum Gasteiger partial charge on any atom is -0.377 e. The molecule has 0 aromatic heterocycles. The van der Waals surface area contributed by atoms with Crippen LogP contribution in [0.4, 0.5) is 0 Å². The molecule has 0 heterocycles. The Morgan fingerprint density at radius 1 is 0.645 bits per heavy atom.